The lowest BCUT2D eigenvalue weighted by molar-refractivity contribution is 1.19. The standard InChI is InChI=1S/C11H11BrN2S/c12-8-4-11(15-7-8)6-14-10-3-1-2-9(13)5-10/h1-5,7,14H,6,13H2. The number of hydrogen-bond acceptors (Lipinski definition) is 3. The molecule has 1 heterocycles. The van der Waals surface area contributed by atoms with Crippen molar-refractivity contribution in [3.8, 4) is 0 Å². The van der Waals surface area contributed by atoms with Crippen LogP contribution in [0.3, 0.4) is 0 Å². The van der Waals surface area contributed by atoms with Gasteiger partial charge in [0.25, 0.3) is 0 Å². The number of hydrogen-bond donors (Lipinski definition) is 2. The van der Waals surface area contributed by atoms with Gasteiger partial charge in [-0.1, -0.05) is 6.07 Å². The van der Waals surface area contributed by atoms with E-state index in [0.29, 0.717) is 0 Å². The fourth-order valence-electron chi connectivity index (χ4n) is 1.28. The first-order chi connectivity index (χ1) is 7.24. The number of halogens is 1. The summed E-state index contributed by atoms with van der Waals surface area (Å²) in [5.41, 5.74) is 7.53. The zero-order valence-corrected chi connectivity index (χ0v) is 10.4. The highest BCUT2D eigenvalue weighted by Crippen LogP contribution is 2.21. The van der Waals surface area contributed by atoms with Crippen molar-refractivity contribution in [2.24, 2.45) is 0 Å². The van der Waals surface area contributed by atoms with Gasteiger partial charge in [-0.05, 0) is 40.2 Å². The Morgan fingerprint density at radius 1 is 1.33 bits per heavy atom. The fraction of sp³-hybridized carbons (Fsp3) is 0.0909. The molecular weight excluding hydrogens is 272 g/mol. The van der Waals surface area contributed by atoms with Crippen molar-refractivity contribution in [1.82, 2.24) is 0 Å². The van der Waals surface area contributed by atoms with Crippen LogP contribution in [0.5, 0.6) is 0 Å². The summed E-state index contributed by atoms with van der Waals surface area (Å²) in [5.74, 6) is 0. The molecule has 0 radical (unpaired) electrons. The summed E-state index contributed by atoms with van der Waals surface area (Å²) in [6.45, 7) is 0.833. The SMILES string of the molecule is Nc1cccc(NCc2cc(Br)cs2)c1. The monoisotopic (exact) mass is 282 g/mol. The number of rotatable bonds is 3. The van der Waals surface area contributed by atoms with E-state index in [1.807, 2.05) is 24.3 Å². The van der Waals surface area contributed by atoms with Gasteiger partial charge in [-0.15, -0.1) is 11.3 Å². The van der Waals surface area contributed by atoms with Gasteiger partial charge in [0, 0.05) is 32.6 Å². The molecule has 0 fully saturated rings. The van der Waals surface area contributed by atoms with E-state index < -0.39 is 0 Å². The van der Waals surface area contributed by atoms with E-state index in [1.54, 1.807) is 11.3 Å². The van der Waals surface area contributed by atoms with Crippen LogP contribution in [0, 0.1) is 0 Å². The van der Waals surface area contributed by atoms with E-state index in [0.717, 1.165) is 22.4 Å². The first-order valence-electron chi connectivity index (χ1n) is 4.56. The minimum Gasteiger partial charge on any atom is -0.399 e. The topological polar surface area (TPSA) is 38.0 Å². The lowest BCUT2D eigenvalue weighted by Crippen LogP contribution is -1.97. The Kier molecular flexibility index (Phi) is 3.28. The Balaban J connectivity index is 1.99. The average molecular weight is 283 g/mol. The minimum atomic E-state index is 0.785. The third-order valence-corrected chi connectivity index (χ3v) is 3.67. The summed E-state index contributed by atoms with van der Waals surface area (Å²) in [6.07, 6.45) is 0. The summed E-state index contributed by atoms with van der Waals surface area (Å²) in [5, 5.41) is 5.40. The van der Waals surface area contributed by atoms with Crippen molar-refractivity contribution >= 4 is 38.6 Å². The minimum absolute atomic E-state index is 0.785. The summed E-state index contributed by atoms with van der Waals surface area (Å²) in [6, 6.07) is 9.89. The van der Waals surface area contributed by atoms with E-state index in [9.17, 15) is 0 Å². The summed E-state index contributed by atoms with van der Waals surface area (Å²) in [4.78, 5) is 1.30. The van der Waals surface area contributed by atoms with Crippen molar-refractivity contribution in [1.29, 1.82) is 0 Å². The molecule has 15 heavy (non-hydrogen) atoms. The molecule has 1 aromatic carbocycles. The maximum absolute atomic E-state index is 5.69. The Bertz CT molecular complexity index is 453. The molecule has 1 aromatic heterocycles. The molecular formula is C11H11BrN2S. The third kappa shape index (κ3) is 2.97. The predicted molar refractivity (Wildman–Crippen MR) is 70.2 cm³/mol. The summed E-state index contributed by atoms with van der Waals surface area (Å²) >= 11 is 5.16. The van der Waals surface area contributed by atoms with Crippen LogP contribution >= 0.6 is 27.3 Å². The van der Waals surface area contributed by atoms with E-state index in [2.05, 4.69) is 32.7 Å². The predicted octanol–water partition coefficient (Wildman–Crippen LogP) is 3.70. The van der Waals surface area contributed by atoms with Crippen LogP contribution in [0.15, 0.2) is 40.2 Å². The van der Waals surface area contributed by atoms with E-state index in [4.69, 9.17) is 5.73 Å². The Morgan fingerprint density at radius 2 is 2.20 bits per heavy atom. The maximum Gasteiger partial charge on any atom is 0.0494 e. The molecule has 0 saturated heterocycles. The van der Waals surface area contributed by atoms with E-state index in [1.165, 1.54) is 4.88 Å². The van der Waals surface area contributed by atoms with Crippen LogP contribution in [0.2, 0.25) is 0 Å². The smallest absolute Gasteiger partial charge is 0.0494 e. The molecule has 0 saturated carbocycles. The van der Waals surface area contributed by atoms with Crippen LogP contribution in [0.1, 0.15) is 4.88 Å². The Morgan fingerprint density at radius 3 is 2.87 bits per heavy atom. The highest BCUT2D eigenvalue weighted by molar-refractivity contribution is 9.10. The number of thiophene rings is 1. The molecule has 3 N–H and O–H groups in total. The van der Waals surface area contributed by atoms with Gasteiger partial charge in [-0.2, -0.15) is 0 Å². The number of nitrogens with one attached hydrogen (secondary N) is 1. The molecule has 0 atom stereocenters. The second-order valence-electron chi connectivity index (χ2n) is 3.21. The van der Waals surface area contributed by atoms with Crippen molar-refractivity contribution in [3.63, 3.8) is 0 Å². The Hall–Kier alpha value is -1.000. The number of benzene rings is 1. The normalized spacial score (nSPS) is 10.2. The van der Waals surface area contributed by atoms with Crippen LogP contribution in [-0.2, 0) is 6.54 Å². The zero-order valence-electron chi connectivity index (χ0n) is 8.03. The van der Waals surface area contributed by atoms with Crippen molar-refractivity contribution < 1.29 is 0 Å². The molecule has 2 aromatic rings. The number of nitrogen functional groups attached to an aromatic ring is 1. The third-order valence-electron chi connectivity index (χ3n) is 1.98. The zero-order chi connectivity index (χ0) is 10.7. The van der Waals surface area contributed by atoms with Gasteiger partial charge in [0.15, 0.2) is 0 Å². The lowest BCUT2D eigenvalue weighted by atomic mass is 10.3. The lowest BCUT2D eigenvalue weighted by Gasteiger charge is -2.04. The summed E-state index contributed by atoms with van der Waals surface area (Å²) < 4.78 is 1.14. The van der Waals surface area contributed by atoms with Crippen LogP contribution < -0.4 is 11.1 Å². The number of nitrogens with two attached hydrogens (primary N) is 1. The molecule has 0 bridgehead atoms. The van der Waals surface area contributed by atoms with Crippen LogP contribution in [0.4, 0.5) is 11.4 Å². The molecule has 2 nitrogen and oxygen atoms in total. The molecule has 0 amide bonds. The van der Waals surface area contributed by atoms with Crippen molar-refractivity contribution in [2.75, 3.05) is 11.1 Å². The summed E-state index contributed by atoms with van der Waals surface area (Å²) in [7, 11) is 0. The molecule has 2 rings (SSSR count). The van der Waals surface area contributed by atoms with Gasteiger partial charge in [0.05, 0.1) is 0 Å². The van der Waals surface area contributed by atoms with Gasteiger partial charge < -0.3 is 11.1 Å². The molecule has 0 spiro atoms. The first-order valence-corrected chi connectivity index (χ1v) is 6.23. The number of anilines is 2. The maximum atomic E-state index is 5.69. The fourth-order valence-corrected chi connectivity index (χ4v) is 2.68. The quantitative estimate of drug-likeness (QED) is 0.843. The molecule has 0 aliphatic heterocycles. The van der Waals surface area contributed by atoms with Crippen LogP contribution in [0.25, 0.3) is 0 Å². The Labute approximate surface area is 101 Å². The highest BCUT2D eigenvalue weighted by Gasteiger charge is 1.97. The average Bonchev–Trinajstić information content (AvgIpc) is 2.62. The molecule has 0 unspecified atom stereocenters. The first kappa shape index (κ1) is 10.5. The highest BCUT2D eigenvalue weighted by atomic mass is 79.9. The second-order valence-corrected chi connectivity index (χ2v) is 5.12. The van der Waals surface area contributed by atoms with E-state index in [-0.39, 0.29) is 0 Å². The second kappa shape index (κ2) is 4.68. The molecule has 0 aliphatic carbocycles. The van der Waals surface area contributed by atoms with Gasteiger partial charge in [0.2, 0.25) is 0 Å². The van der Waals surface area contributed by atoms with Gasteiger partial charge in [0.1, 0.15) is 0 Å². The van der Waals surface area contributed by atoms with Gasteiger partial charge >= 0.3 is 0 Å². The van der Waals surface area contributed by atoms with Gasteiger partial charge in [-0.3, -0.25) is 0 Å². The largest absolute Gasteiger partial charge is 0.399 e. The van der Waals surface area contributed by atoms with Crippen molar-refractivity contribution in [3.05, 3.63) is 45.1 Å². The van der Waals surface area contributed by atoms with E-state index >= 15 is 0 Å². The molecule has 4 heteroatoms. The van der Waals surface area contributed by atoms with Crippen molar-refractivity contribution in [2.45, 2.75) is 6.54 Å². The van der Waals surface area contributed by atoms with Crippen LogP contribution in [-0.4, -0.2) is 0 Å². The molecule has 78 valence electrons. The molecule has 0 aliphatic rings. The van der Waals surface area contributed by atoms with Gasteiger partial charge in [-0.25, -0.2) is 0 Å².